The first-order valence-electron chi connectivity index (χ1n) is 7.63. The summed E-state index contributed by atoms with van der Waals surface area (Å²) in [6, 6.07) is 5.25. The molecule has 0 atom stereocenters. The molecule has 5 nitrogen and oxygen atoms in total. The van der Waals surface area contributed by atoms with Gasteiger partial charge in [0.05, 0.1) is 17.6 Å². The molecule has 1 aliphatic heterocycles. The molecule has 0 amide bonds. The van der Waals surface area contributed by atoms with Gasteiger partial charge in [-0.25, -0.2) is 13.1 Å². The Bertz CT molecular complexity index is 595. The molecule has 1 aromatic carbocycles. The SMILES string of the molecule is O=S(=O)(NCCOC1CCCC1)c1ccc2c(c1)CCN2. The lowest BCUT2D eigenvalue weighted by atomic mass is 10.2. The van der Waals surface area contributed by atoms with Crippen LogP contribution in [0.2, 0.25) is 0 Å². The summed E-state index contributed by atoms with van der Waals surface area (Å²) >= 11 is 0. The fourth-order valence-electron chi connectivity index (χ4n) is 2.99. The number of sulfonamides is 1. The zero-order chi connectivity index (χ0) is 14.7. The first kappa shape index (κ1) is 14.8. The molecule has 1 saturated carbocycles. The van der Waals surface area contributed by atoms with Gasteiger partial charge in [-0.15, -0.1) is 0 Å². The number of fused-ring (bicyclic) bond motifs is 1. The van der Waals surface area contributed by atoms with E-state index in [1.807, 2.05) is 6.07 Å². The van der Waals surface area contributed by atoms with Crippen molar-refractivity contribution in [3.05, 3.63) is 23.8 Å². The molecular weight excluding hydrogens is 288 g/mol. The van der Waals surface area contributed by atoms with Crippen LogP contribution in [0.1, 0.15) is 31.2 Å². The molecule has 1 heterocycles. The van der Waals surface area contributed by atoms with Gasteiger partial charge < -0.3 is 10.1 Å². The maximum Gasteiger partial charge on any atom is 0.240 e. The van der Waals surface area contributed by atoms with Crippen molar-refractivity contribution in [2.45, 2.75) is 43.1 Å². The van der Waals surface area contributed by atoms with Crippen LogP contribution in [0.5, 0.6) is 0 Å². The van der Waals surface area contributed by atoms with E-state index in [2.05, 4.69) is 10.0 Å². The van der Waals surface area contributed by atoms with Crippen LogP contribution in [-0.4, -0.2) is 34.2 Å². The van der Waals surface area contributed by atoms with Crippen molar-refractivity contribution >= 4 is 15.7 Å². The molecule has 0 bridgehead atoms. The van der Waals surface area contributed by atoms with Crippen molar-refractivity contribution in [3.8, 4) is 0 Å². The molecule has 2 aliphatic rings. The molecular formula is C15H22N2O3S. The molecule has 3 rings (SSSR count). The Labute approximate surface area is 126 Å². The first-order chi connectivity index (χ1) is 10.1. The summed E-state index contributed by atoms with van der Waals surface area (Å²) in [6.45, 7) is 1.64. The van der Waals surface area contributed by atoms with Gasteiger partial charge in [-0.1, -0.05) is 12.8 Å². The van der Waals surface area contributed by atoms with Crippen molar-refractivity contribution in [3.63, 3.8) is 0 Å². The number of benzene rings is 1. The molecule has 0 saturated heterocycles. The van der Waals surface area contributed by atoms with Crippen LogP contribution < -0.4 is 10.0 Å². The summed E-state index contributed by atoms with van der Waals surface area (Å²) < 4.78 is 32.8. The highest BCUT2D eigenvalue weighted by Gasteiger charge is 2.19. The van der Waals surface area contributed by atoms with E-state index in [1.54, 1.807) is 12.1 Å². The van der Waals surface area contributed by atoms with Crippen molar-refractivity contribution in [1.29, 1.82) is 0 Å². The van der Waals surface area contributed by atoms with Gasteiger partial charge in [-0.2, -0.15) is 0 Å². The summed E-state index contributed by atoms with van der Waals surface area (Å²) in [5.74, 6) is 0. The molecule has 0 unspecified atom stereocenters. The highest BCUT2D eigenvalue weighted by atomic mass is 32.2. The van der Waals surface area contributed by atoms with E-state index in [9.17, 15) is 8.42 Å². The third kappa shape index (κ3) is 3.56. The van der Waals surface area contributed by atoms with E-state index < -0.39 is 10.0 Å². The van der Waals surface area contributed by atoms with Crippen LogP contribution >= 0.6 is 0 Å². The Morgan fingerprint density at radius 2 is 2.10 bits per heavy atom. The number of hydrogen-bond donors (Lipinski definition) is 2. The van der Waals surface area contributed by atoms with E-state index in [0.29, 0.717) is 24.2 Å². The highest BCUT2D eigenvalue weighted by Crippen LogP contribution is 2.25. The fraction of sp³-hybridized carbons (Fsp3) is 0.600. The minimum absolute atomic E-state index is 0.320. The molecule has 116 valence electrons. The molecule has 0 aromatic heterocycles. The van der Waals surface area contributed by atoms with E-state index in [1.165, 1.54) is 12.8 Å². The standard InChI is InChI=1S/C15H22N2O3S/c18-21(19,17-9-10-20-13-3-1-2-4-13)14-5-6-15-12(11-14)7-8-16-15/h5-6,11,13,16-17H,1-4,7-10H2. The molecule has 1 aromatic rings. The second kappa shape index (κ2) is 6.34. The molecule has 0 radical (unpaired) electrons. The fourth-order valence-corrected chi connectivity index (χ4v) is 4.05. The van der Waals surface area contributed by atoms with Crippen LogP contribution in [0.4, 0.5) is 5.69 Å². The van der Waals surface area contributed by atoms with Crippen molar-refractivity contribution < 1.29 is 13.2 Å². The molecule has 2 N–H and O–H groups in total. The second-order valence-corrected chi connectivity index (χ2v) is 7.44. The Balaban J connectivity index is 1.53. The minimum Gasteiger partial charge on any atom is -0.384 e. The lowest BCUT2D eigenvalue weighted by Crippen LogP contribution is -2.28. The van der Waals surface area contributed by atoms with Crippen molar-refractivity contribution in [1.82, 2.24) is 4.72 Å². The van der Waals surface area contributed by atoms with Crippen molar-refractivity contribution in [2.75, 3.05) is 25.0 Å². The summed E-state index contributed by atoms with van der Waals surface area (Å²) in [7, 11) is -3.44. The zero-order valence-corrected chi connectivity index (χ0v) is 12.9. The van der Waals surface area contributed by atoms with Gasteiger partial charge in [0.15, 0.2) is 0 Å². The Hall–Kier alpha value is -1.11. The van der Waals surface area contributed by atoms with Crippen LogP contribution in [-0.2, 0) is 21.2 Å². The lowest BCUT2D eigenvalue weighted by molar-refractivity contribution is 0.0626. The maximum atomic E-state index is 12.2. The third-order valence-electron chi connectivity index (χ3n) is 4.15. The first-order valence-corrected chi connectivity index (χ1v) is 9.11. The number of nitrogens with one attached hydrogen (secondary N) is 2. The summed E-state index contributed by atoms with van der Waals surface area (Å²) in [5, 5.41) is 3.23. The Morgan fingerprint density at radius 3 is 2.90 bits per heavy atom. The van der Waals surface area contributed by atoms with Gasteiger partial charge in [-0.05, 0) is 43.0 Å². The topological polar surface area (TPSA) is 67.4 Å². The Morgan fingerprint density at radius 1 is 1.29 bits per heavy atom. The molecule has 6 heteroatoms. The highest BCUT2D eigenvalue weighted by molar-refractivity contribution is 7.89. The number of anilines is 1. The van der Waals surface area contributed by atoms with E-state index in [0.717, 1.165) is 37.1 Å². The van der Waals surface area contributed by atoms with Crippen LogP contribution in [0, 0.1) is 0 Å². The van der Waals surface area contributed by atoms with Crippen LogP contribution in [0.25, 0.3) is 0 Å². The summed E-state index contributed by atoms with van der Waals surface area (Å²) in [5.41, 5.74) is 2.11. The molecule has 1 fully saturated rings. The minimum atomic E-state index is -3.44. The third-order valence-corrected chi connectivity index (χ3v) is 5.61. The number of ether oxygens (including phenoxy) is 1. The van der Waals surface area contributed by atoms with Gasteiger partial charge in [0.2, 0.25) is 10.0 Å². The summed E-state index contributed by atoms with van der Waals surface area (Å²) in [4.78, 5) is 0.339. The van der Waals surface area contributed by atoms with Gasteiger partial charge >= 0.3 is 0 Å². The molecule has 1 aliphatic carbocycles. The number of rotatable bonds is 6. The largest absolute Gasteiger partial charge is 0.384 e. The molecule has 0 spiro atoms. The maximum absolute atomic E-state index is 12.2. The number of hydrogen-bond acceptors (Lipinski definition) is 4. The lowest BCUT2D eigenvalue weighted by Gasteiger charge is -2.12. The van der Waals surface area contributed by atoms with Gasteiger partial charge in [0.1, 0.15) is 0 Å². The zero-order valence-electron chi connectivity index (χ0n) is 12.1. The molecule has 21 heavy (non-hydrogen) atoms. The summed E-state index contributed by atoms with van der Waals surface area (Å²) in [6.07, 6.45) is 5.85. The van der Waals surface area contributed by atoms with Gasteiger partial charge in [0.25, 0.3) is 0 Å². The monoisotopic (exact) mass is 310 g/mol. The quantitative estimate of drug-likeness (QED) is 0.788. The Kier molecular flexibility index (Phi) is 4.47. The van der Waals surface area contributed by atoms with E-state index in [-0.39, 0.29) is 0 Å². The van der Waals surface area contributed by atoms with E-state index in [4.69, 9.17) is 4.74 Å². The van der Waals surface area contributed by atoms with Gasteiger partial charge in [-0.3, -0.25) is 0 Å². The van der Waals surface area contributed by atoms with E-state index >= 15 is 0 Å². The van der Waals surface area contributed by atoms with Crippen LogP contribution in [0.15, 0.2) is 23.1 Å². The average molecular weight is 310 g/mol. The smallest absolute Gasteiger partial charge is 0.240 e. The predicted molar refractivity (Wildman–Crippen MR) is 82.0 cm³/mol. The predicted octanol–water partition coefficient (Wildman–Crippen LogP) is 1.89. The van der Waals surface area contributed by atoms with Gasteiger partial charge in [0, 0.05) is 18.8 Å². The average Bonchev–Trinajstić information content (AvgIpc) is 3.13. The normalized spacial score (nSPS) is 18.7. The second-order valence-electron chi connectivity index (χ2n) is 5.67. The van der Waals surface area contributed by atoms with Crippen LogP contribution in [0.3, 0.4) is 0 Å². The van der Waals surface area contributed by atoms with Crippen molar-refractivity contribution in [2.24, 2.45) is 0 Å².